The van der Waals surface area contributed by atoms with Crippen molar-refractivity contribution in [2.24, 2.45) is 0 Å². The molecule has 0 N–H and O–H groups in total. The second-order valence-corrected chi connectivity index (χ2v) is 3.29. The number of hydrogen-bond donors (Lipinski definition) is 0. The van der Waals surface area contributed by atoms with E-state index in [-0.39, 0.29) is 5.02 Å². The van der Waals surface area contributed by atoms with Crippen molar-refractivity contribution in [1.82, 2.24) is 0 Å². The molecule has 0 atom stereocenters. The third-order valence-corrected chi connectivity index (χ3v) is 2.92. The first-order chi connectivity index (χ1) is 5.16. The minimum Gasteiger partial charge on any atom is -0.206 e. The summed E-state index contributed by atoms with van der Waals surface area (Å²) in [6.45, 7) is 0. The molecule has 1 aromatic carbocycles. The third kappa shape index (κ3) is 1.63. The van der Waals surface area contributed by atoms with Gasteiger partial charge in [-0.25, -0.2) is 4.39 Å². The predicted octanol–water partition coefficient (Wildman–Crippen LogP) is 2.96. The molecule has 0 aliphatic rings. The molecule has 0 aromatic heterocycles. The van der Waals surface area contributed by atoms with Crippen LogP contribution in [0, 0.1) is 20.7 Å². The highest BCUT2D eigenvalue weighted by atomic mass is 127. The molecule has 4 heteroatoms. The van der Waals surface area contributed by atoms with Gasteiger partial charge in [0.15, 0.2) is 0 Å². The largest absolute Gasteiger partial charge is 0.206 e. The molecule has 0 amide bonds. The number of hydrogen-bond acceptors (Lipinski definition) is 1. The smallest absolute Gasteiger partial charge is 0.138 e. The maximum Gasteiger partial charge on any atom is 0.138 e. The van der Waals surface area contributed by atoms with Gasteiger partial charge in [-0.15, -0.1) is 0 Å². The van der Waals surface area contributed by atoms with E-state index in [9.17, 15) is 4.39 Å². The number of nitriles is 1. The summed E-state index contributed by atoms with van der Waals surface area (Å²) < 4.78 is 13.0. The van der Waals surface area contributed by atoms with Gasteiger partial charge in [0, 0.05) is 0 Å². The number of rotatable bonds is 0. The topological polar surface area (TPSA) is 23.8 Å². The molecule has 1 aromatic rings. The van der Waals surface area contributed by atoms with Crippen LogP contribution in [0.4, 0.5) is 4.39 Å². The van der Waals surface area contributed by atoms with Gasteiger partial charge >= 0.3 is 0 Å². The summed E-state index contributed by atoms with van der Waals surface area (Å²) in [5.41, 5.74) is 0.303. The summed E-state index contributed by atoms with van der Waals surface area (Å²) in [5, 5.41) is 8.66. The van der Waals surface area contributed by atoms with Crippen molar-refractivity contribution >= 4 is 34.2 Å². The van der Waals surface area contributed by atoms with Crippen LogP contribution in [0.15, 0.2) is 12.1 Å². The summed E-state index contributed by atoms with van der Waals surface area (Å²) in [6.07, 6.45) is 0. The lowest BCUT2D eigenvalue weighted by Crippen LogP contribution is -1.86. The van der Waals surface area contributed by atoms with Crippen LogP contribution in [0.2, 0.25) is 5.02 Å². The molecule has 0 fully saturated rings. The molecule has 56 valence electrons. The van der Waals surface area contributed by atoms with Gasteiger partial charge in [0.25, 0.3) is 0 Å². The van der Waals surface area contributed by atoms with E-state index >= 15 is 0 Å². The van der Waals surface area contributed by atoms with Crippen LogP contribution in [-0.4, -0.2) is 0 Å². The average molecular weight is 281 g/mol. The van der Waals surface area contributed by atoms with Gasteiger partial charge in [-0.3, -0.25) is 0 Å². The van der Waals surface area contributed by atoms with E-state index in [1.54, 1.807) is 22.6 Å². The van der Waals surface area contributed by atoms with Crippen molar-refractivity contribution in [2.45, 2.75) is 0 Å². The molecule has 1 rings (SSSR count). The summed E-state index contributed by atoms with van der Waals surface area (Å²) in [5.74, 6) is -0.394. The molecular formula is C7H2ClFIN. The van der Waals surface area contributed by atoms with Crippen LogP contribution >= 0.6 is 34.2 Å². The van der Waals surface area contributed by atoms with Crippen molar-refractivity contribution in [3.8, 4) is 6.07 Å². The molecule has 0 aliphatic carbocycles. The summed E-state index contributed by atoms with van der Waals surface area (Å²) >= 11 is 7.39. The molecule has 1 nitrogen and oxygen atoms in total. The van der Waals surface area contributed by atoms with Crippen LogP contribution in [0.1, 0.15) is 5.56 Å². The minimum atomic E-state index is -0.394. The molecule has 0 aliphatic heterocycles. The Morgan fingerprint density at radius 1 is 1.55 bits per heavy atom. The highest BCUT2D eigenvalue weighted by Gasteiger charge is 2.07. The Morgan fingerprint density at radius 2 is 2.18 bits per heavy atom. The van der Waals surface area contributed by atoms with E-state index in [2.05, 4.69) is 0 Å². The van der Waals surface area contributed by atoms with E-state index < -0.39 is 5.82 Å². The van der Waals surface area contributed by atoms with Gasteiger partial charge in [0.2, 0.25) is 0 Å². The maximum atomic E-state index is 12.7. The molecule has 0 saturated heterocycles. The van der Waals surface area contributed by atoms with Crippen LogP contribution in [-0.2, 0) is 0 Å². The Bertz CT molecular complexity index is 332. The summed E-state index contributed by atoms with van der Waals surface area (Å²) in [4.78, 5) is 0. The number of benzene rings is 1. The second-order valence-electron chi connectivity index (χ2n) is 1.83. The Kier molecular flexibility index (Phi) is 2.68. The zero-order valence-corrected chi connectivity index (χ0v) is 8.15. The van der Waals surface area contributed by atoms with Crippen LogP contribution < -0.4 is 0 Å². The van der Waals surface area contributed by atoms with Crippen molar-refractivity contribution in [1.29, 1.82) is 5.26 Å². The quantitative estimate of drug-likeness (QED) is 0.530. The van der Waals surface area contributed by atoms with Gasteiger partial charge in [-0.2, -0.15) is 5.26 Å². The fourth-order valence-corrected chi connectivity index (χ4v) is 1.28. The normalized spacial score (nSPS) is 9.27. The van der Waals surface area contributed by atoms with Crippen molar-refractivity contribution in [3.63, 3.8) is 0 Å². The van der Waals surface area contributed by atoms with E-state index in [0.717, 1.165) is 0 Å². The predicted molar refractivity (Wildman–Crippen MR) is 48.8 cm³/mol. The second kappa shape index (κ2) is 3.37. The Labute approximate surface area is 81.9 Å². The zero-order valence-electron chi connectivity index (χ0n) is 5.24. The van der Waals surface area contributed by atoms with Crippen molar-refractivity contribution < 1.29 is 4.39 Å². The van der Waals surface area contributed by atoms with E-state index in [4.69, 9.17) is 16.9 Å². The van der Waals surface area contributed by atoms with E-state index in [0.29, 0.717) is 9.13 Å². The molecule has 0 radical (unpaired) electrons. The fourth-order valence-electron chi connectivity index (χ4n) is 0.612. The van der Waals surface area contributed by atoms with E-state index in [1.807, 2.05) is 6.07 Å². The maximum absolute atomic E-state index is 12.7. The molecule has 0 heterocycles. The first kappa shape index (κ1) is 8.75. The number of halogens is 3. The molecule has 0 spiro atoms. The van der Waals surface area contributed by atoms with Crippen LogP contribution in [0.3, 0.4) is 0 Å². The van der Waals surface area contributed by atoms with Gasteiger partial charge < -0.3 is 0 Å². The van der Waals surface area contributed by atoms with Gasteiger partial charge in [0.1, 0.15) is 11.9 Å². The average Bonchev–Trinajstić information content (AvgIpc) is 2.01. The highest BCUT2D eigenvalue weighted by molar-refractivity contribution is 14.1. The van der Waals surface area contributed by atoms with Crippen LogP contribution in [0.25, 0.3) is 0 Å². The SMILES string of the molecule is N#Cc1ccc(F)c(I)c1Cl. The fraction of sp³-hybridized carbons (Fsp3) is 0. The molecule has 0 bridgehead atoms. The minimum absolute atomic E-state index is 0.188. The lowest BCUT2D eigenvalue weighted by molar-refractivity contribution is 0.620. The van der Waals surface area contributed by atoms with E-state index in [1.165, 1.54) is 12.1 Å². The highest BCUT2D eigenvalue weighted by Crippen LogP contribution is 2.24. The van der Waals surface area contributed by atoms with Crippen molar-refractivity contribution in [3.05, 3.63) is 32.1 Å². The van der Waals surface area contributed by atoms with Gasteiger partial charge in [-0.05, 0) is 34.7 Å². The Balaban J connectivity index is 3.40. The molecule has 0 unspecified atom stereocenters. The first-order valence-electron chi connectivity index (χ1n) is 2.70. The van der Waals surface area contributed by atoms with Gasteiger partial charge in [0.05, 0.1) is 14.2 Å². The lowest BCUT2D eigenvalue weighted by Gasteiger charge is -1.97. The summed E-state index contributed by atoms with van der Waals surface area (Å²) in [7, 11) is 0. The lowest BCUT2D eigenvalue weighted by atomic mass is 10.2. The van der Waals surface area contributed by atoms with Crippen molar-refractivity contribution in [2.75, 3.05) is 0 Å². The summed E-state index contributed by atoms with van der Waals surface area (Å²) in [6, 6.07) is 4.45. The van der Waals surface area contributed by atoms with Gasteiger partial charge in [-0.1, -0.05) is 11.6 Å². The molecule has 0 saturated carbocycles. The number of nitrogens with zero attached hydrogens (tertiary/aromatic N) is 1. The molecule has 11 heavy (non-hydrogen) atoms. The molecular weight excluding hydrogens is 279 g/mol. The Morgan fingerprint density at radius 3 is 2.73 bits per heavy atom. The zero-order chi connectivity index (χ0) is 8.43. The third-order valence-electron chi connectivity index (χ3n) is 1.16. The standard InChI is InChI=1S/C7H2ClFIN/c8-6-4(3-11)1-2-5(9)7(6)10/h1-2H. The first-order valence-corrected chi connectivity index (χ1v) is 4.16. The Hall–Kier alpha value is -0.340. The monoisotopic (exact) mass is 281 g/mol. The van der Waals surface area contributed by atoms with Crippen LogP contribution in [0.5, 0.6) is 0 Å².